The minimum Gasteiger partial charge on any atom is -0.307 e. The molecule has 0 saturated carbocycles. The molecule has 2 rings (SSSR count). The summed E-state index contributed by atoms with van der Waals surface area (Å²) >= 11 is 0. The van der Waals surface area contributed by atoms with Gasteiger partial charge in [0.1, 0.15) is 5.82 Å². The number of aromatic nitrogens is 2. The fourth-order valence-corrected chi connectivity index (χ4v) is 1.61. The van der Waals surface area contributed by atoms with Crippen LogP contribution in [-0.4, -0.2) is 9.97 Å². The Hall–Kier alpha value is -1.17. The van der Waals surface area contributed by atoms with E-state index in [4.69, 9.17) is 0 Å². The summed E-state index contributed by atoms with van der Waals surface area (Å²) in [5.74, 6) is 0.254. The molecule has 15 heavy (non-hydrogen) atoms. The van der Waals surface area contributed by atoms with Crippen molar-refractivity contribution in [2.75, 3.05) is 0 Å². The fraction of sp³-hybridized carbons (Fsp3) is 0.556. The topological polar surface area (TPSA) is 37.8 Å². The molecule has 1 aliphatic rings. The van der Waals surface area contributed by atoms with Gasteiger partial charge in [0.2, 0.25) is 0 Å². The Kier molecular flexibility index (Phi) is 2.38. The number of nitrogens with zero attached hydrogens (tertiary/aromatic N) is 2. The first kappa shape index (κ1) is 10.4. The third kappa shape index (κ3) is 1.81. The zero-order valence-corrected chi connectivity index (χ0v) is 8.15. The maximum atomic E-state index is 12.6. The lowest BCUT2D eigenvalue weighted by Crippen LogP contribution is -2.15. The maximum absolute atomic E-state index is 12.6. The van der Waals surface area contributed by atoms with E-state index < -0.39 is 11.9 Å². The largest absolute Gasteiger partial charge is 0.433 e. The number of nitrogens with one attached hydrogen (secondary N) is 1. The average Bonchev–Trinajstić information content (AvgIpc) is 2.61. The molecule has 0 fully saturated rings. The molecule has 1 aromatic rings. The number of fused-ring (bicyclic) bond motifs is 1. The predicted octanol–water partition coefficient (Wildman–Crippen LogP) is 1.66. The average molecular weight is 217 g/mol. The Bertz CT molecular complexity index is 387. The molecule has 6 heteroatoms. The van der Waals surface area contributed by atoms with Gasteiger partial charge in [-0.15, -0.1) is 0 Å². The summed E-state index contributed by atoms with van der Waals surface area (Å²) in [6, 6.07) is 0. The number of hydrogen-bond donors (Lipinski definition) is 1. The standard InChI is InChI=1S/C9H10F3N3/c1-2-7-14-6-4-13-3-5(6)8(15-7)9(10,11)12/h13H,2-4H2,1H3. The van der Waals surface area contributed by atoms with Gasteiger partial charge < -0.3 is 5.32 Å². The molecule has 0 aromatic carbocycles. The number of hydrogen-bond acceptors (Lipinski definition) is 3. The van der Waals surface area contributed by atoms with Crippen molar-refractivity contribution < 1.29 is 13.2 Å². The molecular formula is C9H10F3N3. The van der Waals surface area contributed by atoms with E-state index in [1.54, 1.807) is 6.92 Å². The Morgan fingerprint density at radius 1 is 1.27 bits per heavy atom. The van der Waals surface area contributed by atoms with Crippen LogP contribution in [0.15, 0.2) is 0 Å². The second-order valence-electron chi connectivity index (χ2n) is 3.37. The lowest BCUT2D eigenvalue weighted by Gasteiger charge is -2.11. The molecule has 0 aliphatic carbocycles. The number of halogens is 3. The maximum Gasteiger partial charge on any atom is 0.433 e. The van der Waals surface area contributed by atoms with Gasteiger partial charge in [0, 0.05) is 25.1 Å². The lowest BCUT2D eigenvalue weighted by atomic mass is 10.1. The SMILES string of the molecule is CCc1nc2c(c(C(F)(F)F)n1)CNC2. The summed E-state index contributed by atoms with van der Waals surface area (Å²) in [5, 5.41) is 2.85. The monoisotopic (exact) mass is 217 g/mol. The van der Waals surface area contributed by atoms with Gasteiger partial charge in [-0.25, -0.2) is 9.97 Å². The molecule has 3 nitrogen and oxygen atoms in total. The Balaban J connectivity index is 2.57. The molecule has 82 valence electrons. The minimum absolute atomic E-state index is 0.194. The Morgan fingerprint density at radius 2 is 2.00 bits per heavy atom. The normalized spacial score (nSPS) is 15.5. The van der Waals surface area contributed by atoms with Crippen molar-refractivity contribution in [1.29, 1.82) is 0 Å². The van der Waals surface area contributed by atoms with Crippen LogP contribution >= 0.6 is 0 Å². The van der Waals surface area contributed by atoms with Gasteiger partial charge in [-0.3, -0.25) is 0 Å². The van der Waals surface area contributed by atoms with Gasteiger partial charge in [-0.05, 0) is 0 Å². The number of aryl methyl sites for hydroxylation is 1. The summed E-state index contributed by atoms with van der Waals surface area (Å²) in [7, 11) is 0. The third-order valence-corrected chi connectivity index (χ3v) is 2.32. The van der Waals surface area contributed by atoms with E-state index in [1.807, 2.05) is 0 Å². The Labute approximate surface area is 84.7 Å². The van der Waals surface area contributed by atoms with Crippen LogP contribution in [-0.2, 0) is 25.7 Å². The molecule has 0 spiro atoms. The predicted molar refractivity (Wildman–Crippen MR) is 47.0 cm³/mol. The van der Waals surface area contributed by atoms with E-state index >= 15 is 0 Å². The van der Waals surface area contributed by atoms with E-state index in [2.05, 4.69) is 15.3 Å². The summed E-state index contributed by atoms with van der Waals surface area (Å²) in [6.45, 7) is 2.34. The van der Waals surface area contributed by atoms with Gasteiger partial charge in [0.15, 0.2) is 5.69 Å². The Morgan fingerprint density at radius 3 is 2.60 bits per heavy atom. The van der Waals surface area contributed by atoms with E-state index in [1.165, 1.54) is 0 Å². The van der Waals surface area contributed by atoms with Crippen LogP contribution < -0.4 is 5.32 Å². The zero-order chi connectivity index (χ0) is 11.1. The van der Waals surface area contributed by atoms with Crippen molar-refractivity contribution in [3.63, 3.8) is 0 Å². The summed E-state index contributed by atoms with van der Waals surface area (Å²) in [4.78, 5) is 7.63. The van der Waals surface area contributed by atoms with Gasteiger partial charge >= 0.3 is 6.18 Å². The van der Waals surface area contributed by atoms with Gasteiger partial charge in [-0.1, -0.05) is 6.92 Å². The van der Waals surface area contributed by atoms with Crippen LogP contribution in [0.3, 0.4) is 0 Å². The molecule has 2 heterocycles. The molecule has 1 aromatic heterocycles. The highest BCUT2D eigenvalue weighted by atomic mass is 19.4. The van der Waals surface area contributed by atoms with Gasteiger partial charge in [0.05, 0.1) is 5.69 Å². The first-order valence-corrected chi connectivity index (χ1v) is 4.69. The van der Waals surface area contributed by atoms with Crippen LogP contribution in [0.5, 0.6) is 0 Å². The molecule has 1 N–H and O–H groups in total. The fourth-order valence-electron chi connectivity index (χ4n) is 1.61. The number of alkyl halides is 3. The summed E-state index contributed by atoms with van der Waals surface area (Å²) < 4.78 is 37.9. The lowest BCUT2D eigenvalue weighted by molar-refractivity contribution is -0.142. The molecule has 1 aliphatic heterocycles. The highest BCUT2D eigenvalue weighted by Crippen LogP contribution is 2.32. The minimum atomic E-state index is -4.39. The molecule has 0 bridgehead atoms. The van der Waals surface area contributed by atoms with Crippen LogP contribution in [0.4, 0.5) is 13.2 Å². The van der Waals surface area contributed by atoms with E-state index in [0.717, 1.165) is 0 Å². The van der Waals surface area contributed by atoms with E-state index in [-0.39, 0.29) is 17.9 Å². The van der Waals surface area contributed by atoms with Crippen molar-refractivity contribution in [2.45, 2.75) is 32.6 Å². The highest BCUT2D eigenvalue weighted by Gasteiger charge is 2.38. The first-order chi connectivity index (χ1) is 7.02. The van der Waals surface area contributed by atoms with Crippen molar-refractivity contribution in [1.82, 2.24) is 15.3 Å². The zero-order valence-electron chi connectivity index (χ0n) is 8.15. The third-order valence-electron chi connectivity index (χ3n) is 2.32. The van der Waals surface area contributed by atoms with Gasteiger partial charge in [-0.2, -0.15) is 13.2 Å². The summed E-state index contributed by atoms with van der Waals surface area (Å²) in [6.07, 6.45) is -3.97. The molecule has 0 amide bonds. The summed E-state index contributed by atoms with van der Waals surface area (Å²) in [5.41, 5.74) is -0.108. The van der Waals surface area contributed by atoms with E-state index in [9.17, 15) is 13.2 Å². The molecular weight excluding hydrogens is 207 g/mol. The first-order valence-electron chi connectivity index (χ1n) is 4.69. The van der Waals surface area contributed by atoms with E-state index in [0.29, 0.717) is 18.7 Å². The van der Waals surface area contributed by atoms with Crippen LogP contribution in [0, 0.1) is 0 Å². The second-order valence-corrected chi connectivity index (χ2v) is 3.37. The highest BCUT2D eigenvalue weighted by molar-refractivity contribution is 5.31. The molecule has 0 radical (unpaired) electrons. The van der Waals surface area contributed by atoms with Crippen LogP contribution in [0.2, 0.25) is 0 Å². The van der Waals surface area contributed by atoms with Crippen molar-refractivity contribution in [3.8, 4) is 0 Å². The van der Waals surface area contributed by atoms with Crippen molar-refractivity contribution >= 4 is 0 Å². The van der Waals surface area contributed by atoms with Crippen molar-refractivity contribution in [3.05, 3.63) is 22.8 Å². The molecule has 0 saturated heterocycles. The molecule has 0 unspecified atom stereocenters. The van der Waals surface area contributed by atoms with Crippen LogP contribution in [0.1, 0.15) is 29.7 Å². The van der Waals surface area contributed by atoms with Gasteiger partial charge in [0.25, 0.3) is 0 Å². The second kappa shape index (κ2) is 3.44. The van der Waals surface area contributed by atoms with Crippen molar-refractivity contribution in [2.24, 2.45) is 0 Å². The number of rotatable bonds is 1. The quantitative estimate of drug-likeness (QED) is 0.777. The van der Waals surface area contributed by atoms with Crippen LogP contribution in [0.25, 0.3) is 0 Å². The molecule has 0 atom stereocenters. The smallest absolute Gasteiger partial charge is 0.307 e.